The Morgan fingerprint density at radius 2 is 2.00 bits per heavy atom. The van der Waals surface area contributed by atoms with Crippen LogP contribution in [0.25, 0.3) is 0 Å². The van der Waals surface area contributed by atoms with Gasteiger partial charge in [0, 0.05) is 6.04 Å². The lowest BCUT2D eigenvalue weighted by atomic mass is 10.2. The van der Waals surface area contributed by atoms with Gasteiger partial charge in [0.2, 0.25) is 0 Å². The first-order chi connectivity index (χ1) is 5.59. The Balaban J connectivity index is 2.15. The molecule has 0 radical (unpaired) electrons. The van der Waals surface area contributed by atoms with E-state index >= 15 is 0 Å². The highest BCUT2D eigenvalue weighted by Crippen LogP contribution is 2.32. The molecule has 3 heteroatoms. The Morgan fingerprint density at radius 3 is 2.42 bits per heavy atom. The highest BCUT2D eigenvalue weighted by molar-refractivity contribution is 5.67. The molecule has 3 nitrogen and oxygen atoms in total. The van der Waals surface area contributed by atoms with Crippen LogP contribution < -0.4 is 5.32 Å². The van der Waals surface area contributed by atoms with Gasteiger partial charge in [0.15, 0.2) is 0 Å². The van der Waals surface area contributed by atoms with E-state index in [0.29, 0.717) is 5.92 Å². The Hall–Kier alpha value is -0.730. The summed E-state index contributed by atoms with van der Waals surface area (Å²) in [6.45, 7) is 5.72. The number of alkyl carbamates (subject to hydrolysis) is 1. The van der Waals surface area contributed by atoms with E-state index < -0.39 is 0 Å². The molecule has 0 aliphatic heterocycles. The molecule has 0 aromatic heterocycles. The Labute approximate surface area is 73.5 Å². The van der Waals surface area contributed by atoms with Gasteiger partial charge in [0.05, 0.1) is 6.10 Å². The minimum atomic E-state index is -0.288. The molecule has 1 saturated carbocycles. The minimum Gasteiger partial charge on any atom is -0.447 e. The predicted molar refractivity (Wildman–Crippen MR) is 46.9 cm³/mol. The molecule has 1 rings (SSSR count). The molecule has 0 bridgehead atoms. The summed E-state index contributed by atoms with van der Waals surface area (Å²) in [5.41, 5.74) is 0. The summed E-state index contributed by atoms with van der Waals surface area (Å²) in [5, 5.41) is 2.81. The molecule has 1 aliphatic rings. The third-order valence-corrected chi connectivity index (χ3v) is 2.02. The van der Waals surface area contributed by atoms with Crippen LogP contribution in [0.4, 0.5) is 4.79 Å². The number of amides is 1. The van der Waals surface area contributed by atoms with Crippen LogP contribution in [0.2, 0.25) is 0 Å². The van der Waals surface area contributed by atoms with Crippen LogP contribution in [-0.4, -0.2) is 18.2 Å². The second kappa shape index (κ2) is 3.78. The fraction of sp³-hybridized carbons (Fsp3) is 0.889. The topological polar surface area (TPSA) is 38.3 Å². The summed E-state index contributed by atoms with van der Waals surface area (Å²) in [7, 11) is 0. The van der Waals surface area contributed by atoms with Crippen molar-refractivity contribution in [3.63, 3.8) is 0 Å². The van der Waals surface area contributed by atoms with Crippen molar-refractivity contribution in [1.29, 1.82) is 0 Å². The summed E-state index contributed by atoms with van der Waals surface area (Å²) in [6.07, 6.45) is 2.16. The standard InChI is InChI=1S/C9H17NO2/c1-6(2)12-9(11)10-7(3)8-4-5-8/h6-8H,4-5H2,1-3H3,(H,10,11). The third-order valence-electron chi connectivity index (χ3n) is 2.02. The molecule has 1 amide bonds. The van der Waals surface area contributed by atoms with E-state index in [1.165, 1.54) is 12.8 Å². The monoisotopic (exact) mass is 171 g/mol. The molecule has 1 N–H and O–H groups in total. The summed E-state index contributed by atoms with van der Waals surface area (Å²) < 4.78 is 4.95. The molecule has 12 heavy (non-hydrogen) atoms. The van der Waals surface area contributed by atoms with Crippen molar-refractivity contribution >= 4 is 6.09 Å². The SMILES string of the molecule is CC(C)OC(=O)NC(C)C1CC1. The zero-order valence-electron chi connectivity index (χ0n) is 7.96. The van der Waals surface area contributed by atoms with E-state index in [1.54, 1.807) is 0 Å². The number of carbonyl (C=O) groups excluding carboxylic acids is 1. The van der Waals surface area contributed by atoms with Crippen LogP contribution >= 0.6 is 0 Å². The lowest BCUT2D eigenvalue weighted by Gasteiger charge is -2.14. The van der Waals surface area contributed by atoms with E-state index in [-0.39, 0.29) is 18.2 Å². The molecule has 0 aromatic carbocycles. The highest BCUT2D eigenvalue weighted by Gasteiger charge is 2.29. The first-order valence-corrected chi connectivity index (χ1v) is 4.56. The van der Waals surface area contributed by atoms with Gasteiger partial charge in [-0.2, -0.15) is 0 Å². The van der Waals surface area contributed by atoms with Crippen LogP contribution in [0.15, 0.2) is 0 Å². The second-order valence-corrected chi connectivity index (χ2v) is 3.72. The van der Waals surface area contributed by atoms with Gasteiger partial charge in [0.25, 0.3) is 0 Å². The lowest BCUT2D eigenvalue weighted by molar-refractivity contribution is 0.112. The molecule has 70 valence electrons. The van der Waals surface area contributed by atoms with Crippen LogP contribution in [0.5, 0.6) is 0 Å². The fourth-order valence-electron chi connectivity index (χ4n) is 1.15. The van der Waals surface area contributed by atoms with Gasteiger partial charge in [-0.15, -0.1) is 0 Å². The number of rotatable bonds is 3. The first kappa shape index (κ1) is 9.36. The van der Waals surface area contributed by atoms with Crippen LogP contribution in [0.3, 0.4) is 0 Å². The van der Waals surface area contributed by atoms with Gasteiger partial charge in [-0.25, -0.2) is 4.79 Å². The van der Waals surface area contributed by atoms with Crippen LogP contribution in [0, 0.1) is 5.92 Å². The summed E-state index contributed by atoms with van der Waals surface area (Å²) in [5.74, 6) is 0.685. The summed E-state index contributed by atoms with van der Waals surface area (Å²) >= 11 is 0. The van der Waals surface area contributed by atoms with Gasteiger partial charge >= 0.3 is 6.09 Å². The van der Waals surface area contributed by atoms with Crippen molar-refractivity contribution < 1.29 is 9.53 Å². The average molecular weight is 171 g/mol. The van der Waals surface area contributed by atoms with E-state index in [2.05, 4.69) is 5.32 Å². The van der Waals surface area contributed by atoms with Gasteiger partial charge in [-0.05, 0) is 39.5 Å². The summed E-state index contributed by atoms with van der Waals surface area (Å²) in [6, 6.07) is 0.274. The van der Waals surface area contributed by atoms with E-state index in [1.807, 2.05) is 20.8 Å². The zero-order chi connectivity index (χ0) is 9.14. The Bertz CT molecular complexity index is 164. The maximum absolute atomic E-state index is 11.1. The smallest absolute Gasteiger partial charge is 0.407 e. The van der Waals surface area contributed by atoms with E-state index in [9.17, 15) is 4.79 Å². The minimum absolute atomic E-state index is 0.0311. The molecule has 0 aromatic rings. The van der Waals surface area contributed by atoms with Crippen LogP contribution in [0.1, 0.15) is 33.6 Å². The third kappa shape index (κ3) is 3.11. The van der Waals surface area contributed by atoms with Crippen molar-refractivity contribution in [3.8, 4) is 0 Å². The van der Waals surface area contributed by atoms with Crippen molar-refractivity contribution in [2.45, 2.75) is 45.8 Å². The molecule has 1 unspecified atom stereocenters. The second-order valence-electron chi connectivity index (χ2n) is 3.72. The number of ether oxygens (including phenoxy) is 1. The maximum atomic E-state index is 11.1. The van der Waals surface area contributed by atoms with Crippen molar-refractivity contribution in [1.82, 2.24) is 5.32 Å². The van der Waals surface area contributed by atoms with E-state index in [4.69, 9.17) is 4.74 Å². The molecule has 0 heterocycles. The fourth-order valence-corrected chi connectivity index (χ4v) is 1.15. The molecule has 0 saturated heterocycles. The average Bonchev–Trinajstić information content (AvgIpc) is 2.63. The number of nitrogens with one attached hydrogen (secondary N) is 1. The molecule has 0 spiro atoms. The number of carbonyl (C=O) groups is 1. The zero-order valence-corrected chi connectivity index (χ0v) is 7.96. The van der Waals surface area contributed by atoms with Gasteiger partial charge in [-0.1, -0.05) is 0 Å². The molecular weight excluding hydrogens is 154 g/mol. The van der Waals surface area contributed by atoms with Gasteiger partial charge in [-0.3, -0.25) is 0 Å². The van der Waals surface area contributed by atoms with E-state index in [0.717, 1.165) is 0 Å². The van der Waals surface area contributed by atoms with Crippen molar-refractivity contribution in [2.24, 2.45) is 5.92 Å². The quantitative estimate of drug-likeness (QED) is 0.704. The predicted octanol–water partition coefficient (Wildman–Crippen LogP) is 1.92. The Kier molecular flexibility index (Phi) is 2.95. The lowest BCUT2D eigenvalue weighted by Crippen LogP contribution is -2.35. The number of hydrogen-bond donors (Lipinski definition) is 1. The highest BCUT2D eigenvalue weighted by atomic mass is 16.6. The maximum Gasteiger partial charge on any atom is 0.407 e. The normalized spacial score (nSPS) is 19.0. The number of hydrogen-bond acceptors (Lipinski definition) is 2. The molecule has 1 fully saturated rings. The van der Waals surface area contributed by atoms with Crippen molar-refractivity contribution in [3.05, 3.63) is 0 Å². The largest absolute Gasteiger partial charge is 0.447 e. The van der Waals surface area contributed by atoms with Crippen molar-refractivity contribution in [2.75, 3.05) is 0 Å². The molecule has 1 aliphatic carbocycles. The molecular formula is C9H17NO2. The van der Waals surface area contributed by atoms with Crippen LogP contribution in [-0.2, 0) is 4.74 Å². The Morgan fingerprint density at radius 1 is 1.42 bits per heavy atom. The first-order valence-electron chi connectivity index (χ1n) is 4.56. The van der Waals surface area contributed by atoms with Gasteiger partial charge in [0.1, 0.15) is 0 Å². The molecule has 1 atom stereocenters. The summed E-state index contributed by atoms with van der Waals surface area (Å²) in [4.78, 5) is 11.1. The van der Waals surface area contributed by atoms with Gasteiger partial charge < -0.3 is 10.1 Å².